The highest BCUT2D eigenvalue weighted by Crippen LogP contribution is 2.19. The number of nitro benzene ring substituents is 1. The lowest BCUT2D eigenvalue weighted by atomic mass is 10.1. The summed E-state index contributed by atoms with van der Waals surface area (Å²) in [6, 6.07) is 14.4. The van der Waals surface area contributed by atoms with E-state index in [9.17, 15) is 19.7 Å². The Morgan fingerprint density at radius 3 is 2.32 bits per heavy atom. The summed E-state index contributed by atoms with van der Waals surface area (Å²) in [4.78, 5) is 34.5. The Balaban J connectivity index is 1.89. The Kier molecular flexibility index (Phi) is 11.9. The molecule has 0 N–H and O–H groups in total. The van der Waals surface area contributed by atoms with E-state index >= 15 is 0 Å². The highest BCUT2D eigenvalue weighted by atomic mass is 16.7. The van der Waals surface area contributed by atoms with Crippen molar-refractivity contribution in [3.05, 3.63) is 82.4 Å². The summed E-state index contributed by atoms with van der Waals surface area (Å²) in [5.74, 6) is -0.413. The van der Waals surface area contributed by atoms with Crippen LogP contribution in [0.4, 0.5) is 10.5 Å². The predicted molar refractivity (Wildman–Crippen MR) is 127 cm³/mol. The van der Waals surface area contributed by atoms with Gasteiger partial charge in [-0.15, -0.1) is 0 Å². The molecule has 0 aliphatic carbocycles. The van der Waals surface area contributed by atoms with E-state index in [4.69, 9.17) is 14.2 Å². The molecule has 0 radical (unpaired) electrons. The summed E-state index contributed by atoms with van der Waals surface area (Å²) in [7, 11) is 0. The van der Waals surface area contributed by atoms with Gasteiger partial charge >= 0.3 is 12.1 Å². The molecule has 0 aliphatic heterocycles. The van der Waals surface area contributed by atoms with Gasteiger partial charge in [0.2, 0.25) is 0 Å². The summed E-state index contributed by atoms with van der Waals surface area (Å²) in [6.45, 7) is 2.30. The molecule has 0 bridgehead atoms. The maximum absolute atomic E-state index is 12.2. The quantitative estimate of drug-likeness (QED) is 0.0773. The molecule has 0 aromatic heterocycles. The van der Waals surface area contributed by atoms with Gasteiger partial charge in [-0.1, -0.05) is 69.4 Å². The predicted octanol–water partition coefficient (Wildman–Crippen LogP) is 6.53. The molecule has 0 aliphatic rings. The van der Waals surface area contributed by atoms with Crippen LogP contribution in [0, 0.1) is 10.1 Å². The third-order valence-electron chi connectivity index (χ3n) is 5.01. The summed E-state index contributed by atoms with van der Waals surface area (Å²) >= 11 is 0. The number of rotatable bonds is 14. The molecule has 0 unspecified atom stereocenters. The number of hydrogen-bond acceptors (Lipinski definition) is 7. The second-order valence-corrected chi connectivity index (χ2v) is 7.77. The molecular weight excluding hydrogens is 438 g/mol. The van der Waals surface area contributed by atoms with Gasteiger partial charge in [-0.05, 0) is 36.6 Å². The number of esters is 1. The van der Waals surface area contributed by atoms with Crippen LogP contribution < -0.4 is 4.74 Å². The maximum Gasteiger partial charge on any atom is 0.514 e. The van der Waals surface area contributed by atoms with Gasteiger partial charge in [0, 0.05) is 18.2 Å². The Bertz CT molecular complexity index is 926. The fourth-order valence-corrected chi connectivity index (χ4v) is 3.16. The largest absolute Gasteiger partial charge is 0.514 e. The van der Waals surface area contributed by atoms with Gasteiger partial charge in [-0.2, -0.15) is 0 Å². The smallest absolute Gasteiger partial charge is 0.458 e. The van der Waals surface area contributed by atoms with Crippen LogP contribution in [0.3, 0.4) is 0 Å². The Hall–Kier alpha value is -3.68. The van der Waals surface area contributed by atoms with Gasteiger partial charge in [0.1, 0.15) is 18.5 Å². The zero-order chi connectivity index (χ0) is 24.6. The van der Waals surface area contributed by atoms with Gasteiger partial charge in [-0.25, -0.2) is 9.59 Å². The molecule has 0 fully saturated rings. The van der Waals surface area contributed by atoms with Crippen molar-refractivity contribution in [1.29, 1.82) is 0 Å². The molecule has 1 atom stereocenters. The van der Waals surface area contributed by atoms with E-state index in [0.717, 1.165) is 37.7 Å². The molecule has 2 aromatic carbocycles. The van der Waals surface area contributed by atoms with E-state index in [1.165, 1.54) is 42.8 Å². The fourth-order valence-electron chi connectivity index (χ4n) is 3.16. The van der Waals surface area contributed by atoms with Crippen LogP contribution in [-0.2, 0) is 20.9 Å². The van der Waals surface area contributed by atoms with Gasteiger partial charge < -0.3 is 14.2 Å². The van der Waals surface area contributed by atoms with Crippen LogP contribution in [0.5, 0.6) is 5.75 Å². The highest BCUT2D eigenvalue weighted by Gasteiger charge is 2.15. The lowest BCUT2D eigenvalue weighted by molar-refractivity contribution is -0.384. The molecule has 2 aromatic rings. The van der Waals surface area contributed by atoms with Gasteiger partial charge in [-0.3, -0.25) is 10.1 Å². The molecule has 0 amide bonds. The number of carbonyl (C=O) groups excluding carboxylic acids is 2. The molecule has 0 spiro atoms. The van der Waals surface area contributed by atoms with Crippen molar-refractivity contribution in [1.82, 2.24) is 0 Å². The Morgan fingerprint density at radius 2 is 1.65 bits per heavy atom. The van der Waals surface area contributed by atoms with Gasteiger partial charge in [0.15, 0.2) is 0 Å². The number of carbonyl (C=O) groups is 2. The fraction of sp³-hybridized carbons (Fsp3) is 0.385. The molecule has 0 heterocycles. The van der Waals surface area contributed by atoms with Gasteiger partial charge in [0.25, 0.3) is 5.69 Å². The van der Waals surface area contributed by atoms with Crippen molar-refractivity contribution < 1.29 is 28.7 Å². The zero-order valence-corrected chi connectivity index (χ0v) is 19.4. The average molecular weight is 470 g/mol. The molecule has 182 valence electrons. The summed E-state index contributed by atoms with van der Waals surface area (Å²) < 4.78 is 15.7. The summed E-state index contributed by atoms with van der Waals surface area (Å²) in [6.07, 6.45) is 8.08. The minimum atomic E-state index is -0.952. The SMILES string of the molecule is CCCCCCCC[C@@H](C=CC(=O)OCc1ccccc1)OC(=O)Oc1ccc([N+](=O)[O-])cc1. The Labute approximate surface area is 199 Å². The molecule has 34 heavy (non-hydrogen) atoms. The monoisotopic (exact) mass is 469 g/mol. The number of nitrogens with zero attached hydrogens (tertiary/aromatic N) is 1. The molecule has 0 saturated heterocycles. The van der Waals surface area contributed by atoms with Crippen molar-refractivity contribution in [2.24, 2.45) is 0 Å². The molecular formula is C26H31NO7. The first-order valence-corrected chi connectivity index (χ1v) is 11.5. The lowest BCUT2D eigenvalue weighted by Gasteiger charge is -2.14. The van der Waals surface area contributed by atoms with E-state index in [2.05, 4.69) is 6.92 Å². The van der Waals surface area contributed by atoms with E-state index in [1.54, 1.807) is 0 Å². The van der Waals surface area contributed by atoms with E-state index in [0.29, 0.717) is 6.42 Å². The number of benzene rings is 2. The first-order chi connectivity index (χ1) is 16.5. The van der Waals surface area contributed by atoms with Crippen molar-refractivity contribution >= 4 is 17.8 Å². The van der Waals surface area contributed by atoms with Crippen LogP contribution >= 0.6 is 0 Å². The Morgan fingerprint density at radius 1 is 0.971 bits per heavy atom. The second kappa shape index (κ2) is 15.2. The third kappa shape index (κ3) is 10.8. The number of ether oxygens (including phenoxy) is 3. The minimum Gasteiger partial charge on any atom is -0.458 e. The van der Waals surface area contributed by atoms with Crippen LogP contribution in [0.15, 0.2) is 66.7 Å². The number of non-ortho nitro benzene ring substituents is 1. The third-order valence-corrected chi connectivity index (χ3v) is 5.01. The average Bonchev–Trinajstić information content (AvgIpc) is 2.84. The summed E-state index contributed by atoms with van der Waals surface area (Å²) in [5.41, 5.74) is 0.759. The molecule has 8 heteroatoms. The number of nitro groups is 1. The van der Waals surface area contributed by atoms with Crippen molar-refractivity contribution in [3.63, 3.8) is 0 Å². The summed E-state index contributed by atoms with van der Waals surface area (Å²) in [5, 5.41) is 10.7. The first-order valence-electron chi connectivity index (χ1n) is 11.5. The molecule has 8 nitrogen and oxygen atoms in total. The first kappa shape index (κ1) is 26.6. The number of unbranched alkanes of at least 4 members (excludes halogenated alkanes) is 5. The van der Waals surface area contributed by atoms with E-state index < -0.39 is 23.2 Å². The lowest BCUT2D eigenvalue weighted by Crippen LogP contribution is -2.20. The molecule has 2 rings (SSSR count). The highest BCUT2D eigenvalue weighted by molar-refractivity contribution is 5.82. The maximum atomic E-state index is 12.2. The standard InChI is InChI=1S/C26H31NO7/c1-2-3-4-5-6-10-13-23(18-19-25(28)32-20-21-11-8-7-9-12-21)33-26(29)34-24-16-14-22(15-17-24)27(30)31/h7-9,11-12,14-19,23H,2-6,10,13,20H2,1H3/t23-/m0/s1. The topological polar surface area (TPSA) is 105 Å². The van der Waals surface area contributed by atoms with Crippen LogP contribution in [0.2, 0.25) is 0 Å². The van der Waals surface area contributed by atoms with E-state index in [-0.39, 0.29) is 18.0 Å². The van der Waals surface area contributed by atoms with E-state index in [1.807, 2.05) is 30.3 Å². The minimum absolute atomic E-state index is 0.112. The van der Waals surface area contributed by atoms with Crippen molar-refractivity contribution in [2.45, 2.75) is 64.6 Å². The van der Waals surface area contributed by atoms with Crippen molar-refractivity contribution in [3.8, 4) is 5.75 Å². The van der Waals surface area contributed by atoms with Crippen LogP contribution in [-0.4, -0.2) is 23.2 Å². The molecule has 0 saturated carbocycles. The normalized spacial score (nSPS) is 11.7. The zero-order valence-electron chi connectivity index (χ0n) is 19.4. The van der Waals surface area contributed by atoms with Crippen molar-refractivity contribution in [2.75, 3.05) is 0 Å². The van der Waals surface area contributed by atoms with Crippen LogP contribution in [0.25, 0.3) is 0 Å². The van der Waals surface area contributed by atoms with Crippen LogP contribution in [0.1, 0.15) is 57.4 Å². The second-order valence-electron chi connectivity index (χ2n) is 7.77. The van der Waals surface area contributed by atoms with Gasteiger partial charge in [0.05, 0.1) is 4.92 Å². The number of hydrogen-bond donors (Lipinski definition) is 0.